The van der Waals surface area contributed by atoms with Gasteiger partial charge in [0.05, 0.1) is 31.4 Å². The maximum Gasteiger partial charge on any atom is 0.417 e. The number of sulfonamides is 1. The largest absolute Gasteiger partial charge is 0.417 e. The smallest absolute Gasteiger partial charge is 0.280 e. The SMILES string of the molecule is Cc1nc2ccc(NS(=O)(=O)c3ccccc3C(F)(F)F)cc2s1. The molecule has 0 aliphatic carbocycles. The predicted molar refractivity (Wildman–Crippen MR) is 86.6 cm³/mol. The lowest BCUT2D eigenvalue weighted by Gasteiger charge is -2.14. The number of anilines is 1. The molecule has 3 rings (SSSR count). The molecule has 24 heavy (non-hydrogen) atoms. The Labute approximate surface area is 140 Å². The first-order valence-electron chi connectivity index (χ1n) is 6.73. The number of nitrogens with one attached hydrogen (secondary N) is 1. The number of rotatable bonds is 3. The van der Waals surface area contributed by atoms with E-state index in [0.29, 0.717) is 5.52 Å². The lowest BCUT2D eigenvalue weighted by molar-refractivity contribution is -0.139. The molecule has 9 heteroatoms. The van der Waals surface area contributed by atoms with Gasteiger partial charge in [0, 0.05) is 0 Å². The van der Waals surface area contributed by atoms with Gasteiger partial charge in [0.1, 0.15) is 0 Å². The van der Waals surface area contributed by atoms with E-state index < -0.39 is 26.7 Å². The molecule has 0 aliphatic heterocycles. The van der Waals surface area contributed by atoms with E-state index in [-0.39, 0.29) is 5.69 Å². The van der Waals surface area contributed by atoms with E-state index in [0.717, 1.165) is 27.9 Å². The van der Waals surface area contributed by atoms with Crippen molar-refractivity contribution >= 4 is 37.3 Å². The normalized spacial score (nSPS) is 12.5. The number of nitrogens with zero attached hydrogens (tertiary/aromatic N) is 1. The molecule has 1 heterocycles. The Bertz CT molecular complexity index is 1010. The van der Waals surface area contributed by atoms with Crippen LogP contribution in [0.1, 0.15) is 10.6 Å². The van der Waals surface area contributed by atoms with Gasteiger partial charge in [0.2, 0.25) is 0 Å². The predicted octanol–water partition coefficient (Wildman–Crippen LogP) is 4.42. The summed E-state index contributed by atoms with van der Waals surface area (Å²) >= 11 is 1.37. The Morgan fingerprint density at radius 3 is 2.54 bits per heavy atom. The molecule has 0 saturated heterocycles. The third-order valence-corrected chi connectivity index (χ3v) is 5.60. The van der Waals surface area contributed by atoms with Crippen molar-refractivity contribution in [1.82, 2.24) is 4.98 Å². The first-order valence-corrected chi connectivity index (χ1v) is 9.03. The summed E-state index contributed by atoms with van der Waals surface area (Å²) in [5.74, 6) is 0. The van der Waals surface area contributed by atoms with Crippen molar-refractivity contribution < 1.29 is 21.6 Å². The summed E-state index contributed by atoms with van der Waals surface area (Å²) in [7, 11) is -4.37. The molecule has 0 aliphatic rings. The molecule has 2 aromatic carbocycles. The zero-order chi connectivity index (χ0) is 17.5. The van der Waals surface area contributed by atoms with E-state index >= 15 is 0 Å². The molecule has 0 amide bonds. The monoisotopic (exact) mass is 372 g/mol. The van der Waals surface area contributed by atoms with Gasteiger partial charge in [-0.25, -0.2) is 13.4 Å². The van der Waals surface area contributed by atoms with Gasteiger partial charge in [-0.05, 0) is 37.3 Å². The van der Waals surface area contributed by atoms with Gasteiger partial charge >= 0.3 is 6.18 Å². The number of alkyl halides is 3. The Morgan fingerprint density at radius 1 is 1.12 bits per heavy atom. The summed E-state index contributed by atoms with van der Waals surface area (Å²) in [5, 5.41) is 0.812. The lowest BCUT2D eigenvalue weighted by atomic mass is 10.2. The molecule has 126 valence electrons. The standard InChI is InChI=1S/C15H11F3N2O2S2/c1-9-19-12-7-6-10(8-13(12)23-9)20-24(21,22)14-5-3-2-4-11(14)15(16,17)18/h2-8,20H,1H3. The molecule has 0 saturated carbocycles. The summed E-state index contributed by atoms with van der Waals surface area (Å²) < 4.78 is 66.8. The van der Waals surface area contributed by atoms with Crippen LogP contribution in [0.5, 0.6) is 0 Å². The zero-order valence-electron chi connectivity index (χ0n) is 12.3. The molecule has 0 unspecified atom stereocenters. The number of thiazole rings is 1. The van der Waals surface area contributed by atoms with Gasteiger partial charge in [-0.15, -0.1) is 11.3 Å². The Kier molecular flexibility index (Phi) is 4.00. The van der Waals surface area contributed by atoms with Crippen LogP contribution >= 0.6 is 11.3 Å². The molecular weight excluding hydrogens is 361 g/mol. The Hall–Kier alpha value is -2.13. The van der Waals surface area contributed by atoms with Crippen molar-refractivity contribution in [1.29, 1.82) is 0 Å². The molecule has 3 aromatic rings. The summed E-state index contributed by atoms with van der Waals surface area (Å²) in [5.41, 5.74) is -0.313. The van der Waals surface area contributed by atoms with E-state index in [2.05, 4.69) is 9.71 Å². The van der Waals surface area contributed by atoms with Crippen LogP contribution in [-0.4, -0.2) is 13.4 Å². The van der Waals surface area contributed by atoms with Crippen molar-refractivity contribution in [2.75, 3.05) is 4.72 Å². The number of fused-ring (bicyclic) bond motifs is 1. The highest BCUT2D eigenvalue weighted by Crippen LogP contribution is 2.35. The molecule has 1 N–H and O–H groups in total. The lowest BCUT2D eigenvalue weighted by Crippen LogP contribution is -2.18. The molecule has 1 aromatic heterocycles. The minimum Gasteiger partial charge on any atom is -0.280 e. The third kappa shape index (κ3) is 3.22. The fourth-order valence-electron chi connectivity index (χ4n) is 2.25. The molecule has 0 atom stereocenters. The van der Waals surface area contributed by atoms with Crippen LogP contribution in [0.2, 0.25) is 0 Å². The topological polar surface area (TPSA) is 59.1 Å². The Balaban J connectivity index is 2.02. The second-order valence-electron chi connectivity index (χ2n) is 5.01. The number of halogens is 3. The minimum absolute atomic E-state index is 0.183. The number of benzene rings is 2. The van der Waals surface area contributed by atoms with Crippen molar-refractivity contribution in [2.24, 2.45) is 0 Å². The highest BCUT2D eigenvalue weighted by molar-refractivity contribution is 7.92. The van der Waals surface area contributed by atoms with Crippen LogP contribution in [0.15, 0.2) is 47.4 Å². The van der Waals surface area contributed by atoms with E-state index in [4.69, 9.17) is 0 Å². The van der Waals surface area contributed by atoms with Crippen LogP contribution in [0.25, 0.3) is 10.2 Å². The van der Waals surface area contributed by atoms with Crippen LogP contribution in [0, 0.1) is 6.92 Å². The van der Waals surface area contributed by atoms with Gasteiger partial charge in [0.25, 0.3) is 10.0 Å². The molecule has 0 bridgehead atoms. The van der Waals surface area contributed by atoms with Gasteiger partial charge in [0.15, 0.2) is 0 Å². The average Bonchev–Trinajstić information content (AvgIpc) is 2.85. The summed E-state index contributed by atoms with van der Waals surface area (Å²) in [6.07, 6.45) is -4.76. The highest BCUT2D eigenvalue weighted by atomic mass is 32.2. The average molecular weight is 372 g/mol. The second kappa shape index (κ2) is 5.75. The van der Waals surface area contributed by atoms with E-state index in [1.807, 2.05) is 6.92 Å². The fraction of sp³-hybridized carbons (Fsp3) is 0.133. The van der Waals surface area contributed by atoms with Crippen molar-refractivity contribution in [3.63, 3.8) is 0 Å². The second-order valence-corrected chi connectivity index (χ2v) is 7.90. The number of aromatic nitrogens is 1. The number of aryl methyl sites for hydroxylation is 1. The van der Waals surface area contributed by atoms with Crippen LogP contribution in [0.3, 0.4) is 0 Å². The van der Waals surface area contributed by atoms with Crippen LogP contribution in [-0.2, 0) is 16.2 Å². The maximum absolute atomic E-state index is 13.0. The highest BCUT2D eigenvalue weighted by Gasteiger charge is 2.36. The maximum atomic E-state index is 13.0. The zero-order valence-corrected chi connectivity index (χ0v) is 13.9. The quantitative estimate of drug-likeness (QED) is 0.740. The van der Waals surface area contributed by atoms with Crippen molar-refractivity contribution in [2.45, 2.75) is 18.0 Å². The van der Waals surface area contributed by atoms with E-state index in [1.165, 1.54) is 23.5 Å². The third-order valence-electron chi connectivity index (χ3n) is 3.23. The molecule has 0 fully saturated rings. The Morgan fingerprint density at radius 2 is 1.83 bits per heavy atom. The van der Waals surface area contributed by atoms with Gasteiger partial charge in [-0.2, -0.15) is 13.2 Å². The fourth-order valence-corrected chi connectivity index (χ4v) is 4.39. The first-order chi connectivity index (χ1) is 11.2. The number of hydrogen-bond donors (Lipinski definition) is 1. The van der Waals surface area contributed by atoms with Gasteiger partial charge in [-0.3, -0.25) is 4.72 Å². The number of hydrogen-bond acceptors (Lipinski definition) is 4. The summed E-state index contributed by atoms with van der Waals surface area (Å²) in [6.45, 7) is 1.81. The molecular formula is C15H11F3N2O2S2. The molecule has 0 radical (unpaired) electrons. The molecule has 0 spiro atoms. The summed E-state index contributed by atoms with van der Waals surface area (Å²) in [6, 6.07) is 8.70. The van der Waals surface area contributed by atoms with Gasteiger partial charge in [-0.1, -0.05) is 12.1 Å². The summed E-state index contributed by atoms with van der Waals surface area (Å²) in [4.78, 5) is 3.44. The van der Waals surface area contributed by atoms with Crippen LogP contribution < -0.4 is 4.72 Å². The van der Waals surface area contributed by atoms with Crippen molar-refractivity contribution in [3.05, 3.63) is 53.0 Å². The van der Waals surface area contributed by atoms with Crippen LogP contribution in [0.4, 0.5) is 18.9 Å². The minimum atomic E-state index is -4.76. The van der Waals surface area contributed by atoms with E-state index in [9.17, 15) is 21.6 Å². The molecule has 4 nitrogen and oxygen atoms in total. The van der Waals surface area contributed by atoms with Gasteiger partial charge < -0.3 is 0 Å². The van der Waals surface area contributed by atoms with E-state index in [1.54, 1.807) is 12.1 Å². The first kappa shape index (κ1) is 16.7. The van der Waals surface area contributed by atoms with Crippen molar-refractivity contribution in [3.8, 4) is 0 Å².